The summed E-state index contributed by atoms with van der Waals surface area (Å²) < 4.78 is 5.50. The van der Waals surface area contributed by atoms with Crippen LogP contribution in [0.25, 0.3) is 0 Å². The quantitative estimate of drug-likeness (QED) is 0.847. The summed E-state index contributed by atoms with van der Waals surface area (Å²) in [5, 5.41) is 10.3. The minimum absolute atomic E-state index is 0.0301. The Morgan fingerprint density at radius 1 is 1.32 bits per heavy atom. The van der Waals surface area contributed by atoms with Crippen LogP contribution < -0.4 is 5.73 Å². The topological polar surface area (TPSA) is 76.1 Å². The van der Waals surface area contributed by atoms with Crippen molar-refractivity contribution in [2.24, 2.45) is 5.73 Å². The molecule has 1 aliphatic heterocycles. The minimum atomic E-state index is -0.591. The Morgan fingerprint density at radius 3 is 2.77 bits per heavy atom. The van der Waals surface area contributed by atoms with E-state index in [0.717, 1.165) is 0 Å². The second-order valence-corrected chi connectivity index (χ2v) is 6.05. The fourth-order valence-electron chi connectivity index (χ4n) is 2.90. The normalized spacial score (nSPS) is 21.3. The zero-order chi connectivity index (χ0) is 15.9. The molecule has 1 aromatic carbocycles. The van der Waals surface area contributed by atoms with Crippen molar-refractivity contribution in [1.82, 2.24) is 0 Å². The largest absolute Gasteiger partial charge is 0.444 e. The maximum atomic E-state index is 12.4. The molecule has 0 radical (unpaired) electrons. The Labute approximate surface area is 137 Å². The van der Waals surface area contributed by atoms with Crippen LogP contribution in [0.3, 0.4) is 0 Å². The molecule has 0 bridgehead atoms. The van der Waals surface area contributed by atoms with Crippen LogP contribution in [0.5, 0.6) is 0 Å². The summed E-state index contributed by atoms with van der Waals surface area (Å²) in [6, 6.07) is 7.04. The first-order valence-electron chi connectivity index (χ1n) is 6.81. The van der Waals surface area contributed by atoms with E-state index in [2.05, 4.69) is 0 Å². The van der Waals surface area contributed by atoms with Gasteiger partial charge in [-0.15, -0.1) is 0 Å². The average Bonchev–Trinajstić information content (AvgIpc) is 2.46. The van der Waals surface area contributed by atoms with Crippen molar-refractivity contribution in [3.8, 4) is 6.07 Å². The zero-order valence-corrected chi connectivity index (χ0v) is 13.0. The number of carbonyl (C=O) groups is 1. The molecule has 0 spiro atoms. The summed E-state index contributed by atoms with van der Waals surface area (Å²) in [6.07, 6.45) is 1.78. The lowest BCUT2D eigenvalue weighted by molar-refractivity contribution is -0.116. The number of allylic oxidation sites excluding steroid dienone is 3. The molecule has 1 aromatic rings. The zero-order valence-electron chi connectivity index (χ0n) is 11.5. The highest BCUT2D eigenvalue weighted by Crippen LogP contribution is 2.45. The van der Waals surface area contributed by atoms with Gasteiger partial charge < -0.3 is 10.5 Å². The second-order valence-electron chi connectivity index (χ2n) is 5.20. The predicted molar refractivity (Wildman–Crippen MR) is 83.0 cm³/mol. The molecule has 112 valence electrons. The van der Waals surface area contributed by atoms with E-state index < -0.39 is 5.92 Å². The Bertz CT molecular complexity index is 775. The molecule has 1 atom stereocenters. The van der Waals surface area contributed by atoms with Crippen molar-refractivity contribution in [2.45, 2.75) is 25.2 Å². The van der Waals surface area contributed by atoms with Gasteiger partial charge in [0.1, 0.15) is 17.4 Å². The summed E-state index contributed by atoms with van der Waals surface area (Å²) >= 11 is 12.2. The Hall–Kier alpha value is -1.96. The summed E-state index contributed by atoms with van der Waals surface area (Å²) in [7, 11) is 0. The van der Waals surface area contributed by atoms with Gasteiger partial charge in [-0.25, -0.2) is 0 Å². The van der Waals surface area contributed by atoms with Gasteiger partial charge in [0.25, 0.3) is 0 Å². The SMILES string of the molecule is N#CC1=C(N)OC2=C(C(=O)CCC2)C1c1ccc(Cl)cc1Cl. The molecule has 1 heterocycles. The highest BCUT2D eigenvalue weighted by atomic mass is 35.5. The molecule has 0 fully saturated rings. The van der Waals surface area contributed by atoms with E-state index in [1.54, 1.807) is 18.2 Å². The number of rotatable bonds is 1. The summed E-state index contributed by atoms with van der Waals surface area (Å²) in [4.78, 5) is 12.4. The lowest BCUT2D eigenvalue weighted by Crippen LogP contribution is -2.27. The average molecular weight is 335 g/mol. The van der Waals surface area contributed by atoms with Gasteiger partial charge in [-0.05, 0) is 24.1 Å². The van der Waals surface area contributed by atoms with E-state index in [4.69, 9.17) is 33.7 Å². The van der Waals surface area contributed by atoms with E-state index in [1.807, 2.05) is 6.07 Å². The first kappa shape index (κ1) is 15.0. The molecule has 22 heavy (non-hydrogen) atoms. The fourth-order valence-corrected chi connectivity index (χ4v) is 3.42. The van der Waals surface area contributed by atoms with Gasteiger partial charge in [-0.3, -0.25) is 4.79 Å². The standard InChI is InChI=1S/C16H12Cl2N2O2/c17-8-4-5-9(11(18)6-8)14-10(7-19)16(20)22-13-3-1-2-12(21)15(13)14/h4-6,14H,1-3,20H2. The van der Waals surface area contributed by atoms with E-state index in [9.17, 15) is 10.1 Å². The van der Waals surface area contributed by atoms with Gasteiger partial charge in [-0.2, -0.15) is 5.26 Å². The molecule has 0 saturated heterocycles. The molecule has 0 aromatic heterocycles. The Kier molecular flexibility index (Phi) is 3.86. The molecule has 0 saturated carbocycles. The number of ketones is 1. The van der Waals surface area contributed by atoms with Crippen molar-refractivity contribution >= 4 is 29.0 Å². The van der Waals surface area contributed by atoms with Crippen LogP contribution in [0.15, 0.2) is 41.0 Å². The van der Waals surface area contributed by atoms with Gasteiger partial charge in [0.2, 0.25) is 5.88 Å². The molecule has 1 unspecified atom stereocenters. The van der Waals surface area contributed by atoms with Gasteiger partial charge in [-0.1, -0.05) is 29.3 Å². The van der Waals surface area contributed by atoms with Crippen molar-refractivity contribution < 1.29 is 9.53 Å². The third-order valence-corrected chi connectivity index (χ3v) is 4.44. The first-order valence-corrected chi connectivity index (χ1v) is 7.57. The van der Waals surface area contributed by atoms with Crippen LogP contribution in [0.2, 0.25) is 10.0 Å². The van der Waals surface area contributed by atoms with Crippen LogP contribution in [0.4, 0.5) is 0 Å². The molecular weight excluding hydrogens is 323 g/mol. The number of nitrogens with zero attached hydrogens (tertiary/aromatic N) is 1. The molecule has 0 amide bonds. The Morgan fingerprint density at radius 2 is 2.09 bits per heavy atom. The van der Waals surface area contributed by atoms with Crippen molar-refractivity contribution in [3.63, 3.8) is 0 Å². The molecule has 4 nitrogen and oxygen atoms in total. The maximum Gasteiger partial charge on any atom is 0.205 e. The predicted octanol–water partition coefficient (Wildman–Crippen LogP) is 3.81. The number of hydrogen-bond donors (Lipinski definition) is 1. The van der Waals surface area contributed by atoms with Crippen LogP contribution in [0.1, 0.15) is 30.7 Å². The lowest BCUT2D eigenvalue weighted by Gasteiger charge is -2.31. The summed E-state index contributed by atoms with van der Waals surface area (Å²) in [5.74, 6) is -0.0421. The minimum Gasteiger partial charge on any atom is -0.444 e. The van der Waals surface area contributed by atoms with Crippen LogP contribution >= 0.6 is 23.2 Å². The van der Waals surface area contributed by atoms with Gasteiger partial charge in [0.15, 0.2) is 5.78 Å². The van der Waals surface area contributed by atoms with Crippen LogP contribution in [-0.2, 0) is 9.53 Å². The van der Waals surface area contributed by atoms with E-state index >= 15 is 0 Å². The molecule has 1 aliphatic carbocycles. The summed E-state index contributed by atoms with van der Waals surface area (Å²) in [5.41, 5.74) is 7.20. The monoisotopic (exact) mass is 334 g/mol. The lowest BCUT2D eigenvalue weighted by atomic mass is 9.77. The number of nitriles is 1. The highest BCUT2D eigenvalue weighted by Gasteiger charge is 2.38. The number of halogens is 2. The van der Waals surface area contributed by atoms with Crippen LogP contribution in [-0.4, -0.2) is 5.78 Å². The third kappa shape index (κ3) is 2.37. The number of carbonyl (C=O) groups excluding carboxylic acids is 1. The number of nitrogens with two attached hydrogens (primary N) is 1. The van der Waals surface area contributed by atoms with Gasteiger partial charge in [0.05, 0.1) is 5.92 Å². The Balaban J connectivity index is 2.22. The van der Waals surface area contributed by atoms with Gasteiger partial charge >= 0.3 is 0 Å². The first-order chi connectivity index (χ1) is 10.5. The molecule has 2 aliphatic rings. The number of ether oxygens (including phenoxy) is 1. The van der Waals surface area contributed by atoms with E-state index in [0.29, 0.717) is 46.2 Å². The van der Waals surface area contributed by atoms with Gasteiger partial charge in [0, 0.05) is 28.5 Å². The van der Waals surface area contributed by atoms with Crippen molar-refractivity contribution in [2.75, 3.05) is 0 Å². The highest BCUT2D eigenvalue weighted by molar-refractivity contribution is 6.35. The maximum absolute atomic E-state index is 12.4. The smallest absolute Gasteiger partial charge is 0.205 e. The van der Waals surface area contributed by atoms with Crippen molar-refractivity contribution in [3.05, 3.63) is 56.6 Å². The fraction of sp³-hybridized carbons (Fsp3) is 0.250. The number of hydrogen-bond acceptors (Lipinski definition) is 4. The van der Waals surface area contributed by atoms with E-state index in [-0.39, 0.29) is 17.2 Å². The van der Waals surface area contributed by atoms with Crippen molar-refractivity contribution in [1.29, 1.82) is 5.26 Å². The summed E-state index contributed by atoms with van der Waals surface area (Å²) in [6.45, 7) is 0. The van der Waals surface area contributed by atoms with Crippen LogP contribution in [0, 0.1) is 11.3 Å². The molecular formula is C16H12Cl2N2O2. The molecule has 3 rings (SSSR count). The third-order valence-electron chi connectivity index (χ3n) is 3.88. The number of benzene rings is 1. The molecule has 6 heteroatoms. The molecule has 2 N–H and O–H groups in total. The van der Waals surface area contributed by atoms with E-state index in [1.165, 1.54) is 0 Å². The second kappa shape index (κ2) is 5.68. The number of Topliss-reactive ketones (excluding diaryl/α,β-unsaturated/α-hetero) is 1.